The van der Waals surface area contributed by atoms with Crippen LogP contribution in [-0.4, -0.2) is 20.8 Å². The van der Waals surface area contributed by atoms with Gasteiger partial charge in [0, 0.05) is 6.04 Å². The van der Waals surface area contributed by atoms with Gasteiger partial charge in [-0.2, -0.15) is 5.26 Å². The van der Waals surface area contributed by atoms with Crippen LogP contribution in [0.25, 0.3) is 0 Å². The molecular weight excluding hydrogens is 214 g/mol. The number of rotatable bonds is 3. The van der Waals surface area contributed by atoms with E-state index in [0.717, 1.165) is 5.56 Å². The second-order valence-electron chi connectivity index (χ2n) is 3.87. The van der Waals surface area contributed by atoms with Crippen molar-refractivity contribution in [2.75, 3.05) is 0 Å². The maximum Gasteiger partial charge on any atom is 0.252 e. The molecule has 5 heteroatoms. The van der Waals surface area contributed by atoms with Gasteiger partial charge in [-0.1, -0.05) is 30.3 Å². The molecule has 17 heavy (non-hydrogen) atoms. The van der Waals surface area contributed by atoms with Crippen LogP contribution in [0.3, 0.4) is 0 Å². The number of hydrogen-bond donors (Lipinski definition) is 1. The molecule has 2 unspecified atom stereocenters. The minimum absolute atomic E-state index is 0.106. The van der Waals surface area contributed by atoms with Gasteiger partial charge < -0.3 is 5.73 Å². The Morgan fingerprint density at radius 1 is 1.35 bits per heavy atom. The summed E-state index contributed by atoms with van der Waals surface area (Å²) in [7, 11) is 0. The van der Waals surface area contributed by atoms with Gasteiger partial charge in [-0.15, -0.1) is 5.10 Å². The summed E-state index contributed by atoms with van der Waals surface area (Å²) in [6.45, 7) is 1.91. The van der Waals surface area contributed by atoms with Crippen LogP contribution in [-0.2, 0) is 0 Å². The minimum atomic E-state index is -0.120. The number of benzene rings is 1. The first-order valence-corrected chi connectivity index (χ1v) is 5.34. The Morgan fingerprint density at radius 2 is 2.06 bits per heavy atom. The van der Waals surface area contributed by atoms with Gasteiger partial charge in [0.15, 0.2) is 0 Å². The van der Waals surface area contributed by atoms with Crippen LogP contribution in [0.2, 0.25) is 0 Å². The highest BCUT2D eigenvalue weighted by molar-refractivity contribution is 5.21. The average molecular weight is 227 g/mol. The van der Waals surface area contributed by atoms with Crippen molar-refractivity contribution in [1.29, 1.82) is 5.26 Å². The van der Waals surface area contributed by atoms with E-state index in [2.05, 4.69) is 10.1 Å². The van der Waals surface area contributed by atoms with E-state index in [-0.39, 0.29) is 17.9 Å². The van der Waals surface area contributed by atoms with Gasteiger partial charge in [0.05, 0.1) is 6.04 Å². The van der Waals surface area contributed by atoms with E-state index < -0.39 is 0 Å². The molecule has 0 saturated heterocycles. The van der Waals surface area contributed by atoms with Gasteiger partial charge in [-0.25, -0.2) is 9.67 Å². The topological polar surface area (TPSA) is 80.5 Å². The van der Waals surface area contributed by atoms with Crippen molar-refractivity contribution >= 4 is 0 Å². The highest BCUT2D eigenvalue weighted by Gasteiger charge is 2.19. The standard InChI is InChI=1S/C12H13N5/c1-9(14)12(10-5-3-2-4-6-10)17-8-15-11(7-13)16-17/h2-6,8-9,12H,14H2,1H3. The van der Waals surface area contributed by atoms with E-state index in [9.17, 15) is 0 Å². The van der Waals surface area contributed by atoms with Crippen molar-refractivity contribution in [2.24, 2.45) is 5.73 Å². The predicted octanol–water partition coefficient (Wildman–Crippen LogP) is 1.09. The lowest BCUT2D eigenvalue weighted by atomic mass is 10.0. The Bertz CT molecular complexity index is 523. The fraction of sp³-hybridized carbons (Fsp3) is 0.250. The van der Waals surface area contributed by atoms with Gasteiger partial charge >= 0.3 is 0 Å². The SMILES string of the molecule is CC(N)C(c1ccccc1)n1cnc(C#N)n1. The summed E-state index contributed by atoms with van der Waals surface area (Å²) >= 11 is 0. The van der Waals surface area contributed by atoms with Crippen molar-refractivity contribution in [3.05, 3.63) is 48.0 Å². The molecule has 0 aliphatic carbocycles. The zero-order chi connectivity index (χ0) is 12.3. The second-order valence-corrected chi connectivity index (χ2v) is 3.87. The summed E-state index contributed by atoms with van der Waals surface area (Å²) in [4.78, 5) is 3.90. The number of aromatic nitrogens is 3. The normalized spacial score (nSPS) is 13.9. The smallest absolute Gasteiger partial charge is 0.252 e. The lowest BCUT2D eigenvalue weighted by molar-refractivity contribution is 0.452. The first-order valence-electron chi connectivity index (χ1n) is 5.34. The molecule has 0 radical (unpaired) electrons. The Morgan fingerprint density at radius 3 is 2.59 bits per heavy atom. The van der Waals surface area contributed by atoms with E-state index in [0.29, 0.717) is 0 Å². The maximum atomic E-state index is 8.72. The third kappa shape index (κ3) is 2.32. The van der Waals surface area contributed by atoms with E-state index in [1.165, 1.54) is 0 Å². The first kappa shape index (κ1) is 11.3. The van der Waals surface area contributed by atoms with Crippen LogP contribution in [0.4, 0.5) is 0 Å². The predicted molar refractivity (Wildman–Crippen MR) is 63.0 cm³/mol. The molecule has 0 aliphatic heterocycles. The number of nitrogens with two attached hydrogens (primary N) is 1. The average Bonchev–Trinajstić information content (AvgIpc) is 2.79. The molecule has 0 bridgehead atoms. The van der Waals surface area contributed by atoms with Crippen LogP contribution in [0.15, 0.2) is 36.7 Å². The van der Waals surface area contributed by atoms with Crippen molar-refractivity contribution in [3.63, 3.8) is 0 Å². The van der Waals surface area contributed by atoms with Gasteiger partial charge in [-0.3, -0.25) is 0 Å². The monoisotopic (exact) mass is 227 g/mol. The molecule has 0 amide bonds. The van der Waals surface area contributed by atoms with Crippen molar-refractivity contribution in [1.82, 2.24) is 14.8 Å². The van der Waals surface area contributed by atoms with Crippen LogP contribution >= 0.6 is 0 Å². The second kappa shape index (κ2) is 4.76. The van der Waals surface area contributed by atoms with E-state index in [4.69, 9.17) is 11.0 Å². The first-order chi connectivity index (χ1) is 8.22. The summed E-state index contributed by atoms with van der Waals surface area (Å²) in [6.07, 6.45) is 1.54. The third-order valence-corrected chi connectivity index (χ3v) is 2.53. The van der Waals surface area contributed by atoms with Crippen LogP contribution in [0, 0.1) is 11.3 Å². The van der Waals surface area contributed by atoms with Gasteiger partial charge in [0.25, 0.3) is 5.82 Å². The fourth-order valence-corrected chi connectivity index (χ4v) is 1.81. The maximum absolute atomic E-state index is 8.72. The summed E-state index contributed by atoms with van der Waals surface area (Å²) in [5.41, 5.74) is 7.03. The van der Waals surface area contributed by atoms with Gasteiger partial charge in [0.1, 0.15) is 12.4 Å². The van der Waals surface area contributed by atoms with E-state index in [1.807, 2.05) is 43.3 Å². The molecule has 2 aromatic rings. The lowest BCUT2D eigenvalue weighted by Crippen LogP contribution is -2.30. The molecule has 86 valence electrons. The molecule has 5 nitrogen and oxygen atoms in total. The number of hydrogen-bond acceptors (Lipinski definition) is 4. The summed E-state index contributed by atoms with van der Waals surface area (Å²) < 4.78 is 1.64. The molecule has 0 aliphatic rings. The summed E-state index contributed by atoms with van der Waals surface area (Å²) in [5, 5.41) is 12.8. The zero-order valence-electron chi connectivity index (χ0n) is 9.49. The summed E-state index contributed by atoms with van der Waals surface area (Å²) in [6, 6.07) is 11.5. The molecule has 2 N–H and O–H groups in total. The van der Waals surface area contributed by atoms with E-state index >= 15 is 0 Å². The molecule has 2 atom stereocenters. The summed E-state index contributed by atoms with van der Waals surface area (Å²) in [5.74, 6) is 0.159. The molecule has 2 rings (SSSR count). The Labute approximate surface area is 99.5 Å². The third-order valence-electron chi connectivity index (χ3n) is 2.53. The molecule has 1 heterocycles. The van der Waals surface area contributed by atoms with Gasteiger partial charge in [0.2, 0.25) is 0 Å². The molecule has 1 aromatic heterocycles. The number of nitriles is 1. The highest BCUT2D eigenvalue weighted by atomic mass is 15.3. The molecular formula is C12H13N5. The van der Waals surface area contributed by atoms with Crippen LogP contribution in [0.5, 0.6) is 0 Å². The fourth-order valence-electron chi connectivity index (χ4n) is 1.81. The van der Waals surface area contributed by atoms with Gasteiger partial charge in [-0.05, 0) is 12.5 Å². The molecule has 1 aromatic carbocycles. The zero-order valence-corrected chi connectivity index (χ0v) is 9.49. The quantitative estimate of drug-likeness (QED) is 0.851. The Hall–Kier alpha value is -2.19. The van der Waals surface area contributed by atoms with Crippen molar-refractivity contribution in [3.8, 4) is 6.07 Å². The van der Waals surface area contributed by atoms with Crippen molar-refractivity contribution < 1.29 is 0 Å². The van der Waals surface area contributed by atoms with Crippen molar-refractivity contribution in [2.45, 2.75) is 19.0 Å². The Kier molecular flexibility index (Phi) is 3.17. The van der Waals surface area contributed by atoms with Crippen LogP contribution in [0.1, 0.15) is 24.4 Å². The lowest BCUT2D eigenvalue weighted by Gasteiger charge is -2.21. The van der Waals surface area contributed by atoms with Crippen LogP contribution < -0.4 is 5.73 Å². The molecule has 0 fully saturated rings. The number of nitrogens with zero attached hydrogens (tertiary/aromatic N) is 4. The molecule has 0 spiro atoms. The Balaban J connectivity index is 2.40. The minimum Gasteiger partial charge on any atom is -0.326 e. The van der Waals surface area contributed by atoms with E-state index in [1.54, 1.807) is 11.0 Å². The molecule has 0 saturated carbocycles. The highest BCUT2D eigenvalue weighted by Crippen LogP contribution is 2.19. The largest absolute Gasteiger partial charge is 0.326 e.